The van der Waals surface area contributed by atoms with Gasteiger partial charge in [0.2, 0.25) is 0 Å². The molecule has 2 N–H and O–H groups in total. The van der Waals surface area contributed by atoms with E-state index in [1.54, 1.807) is 0 Å². The number of hydrogen-bond acceptors (Lipinski definition) is 2. The van der Waals surface area contributed by atoms with Crippen LogP contribution in [-0.2, 0) is 4.74 Å². The maximum Gasteiger partial charge on any atom is 0.133 e. The van der Waals surface area contributed by atoms with Gasteiger partial charge in [-0.05, 0) is 38.3 Å². The van der Waals surface area contributed by atoms with E-state index < -0.39 is 0 Å². The molecule has 1 atom stereocenters. The Morgan fingerprint density at radius 2 is 2.26 bits per heavy atom. The van der Waals surface area contributed by atoms with E-state index in [-0.39, 0.29) is 6.23 Å². The Kier molecular flexibility index (Phi) is 3.30. The lowest BCUT2D eigenvalue weighted by Crippen LogP contribution is -2.17. The highest BCUT2D eigenvalue weighted by atomic mass is 16.5. The van der Waals surface area contributed by atoms with Crippen LogP contribution in [0.4, 0.5) is 0 Å². The van der Waals surface area contributed by atoms with Crippen LogP contribution in [0.15, 0.2) is 36.5 Å². The third-order valence-electron chi connectivity index (χ3n) is 3.85. The van der Waals surface area contributed by atoms with E-state index in [0.29, 0.717) is 0 Å². The highest BCUT2D eigenvalue weighted by Crippen LogP contribution is 2.30. The smallest absolute Gasteiger partial charge is 0.133 e. The van der Waals surface area contributed by atoms with Gasteiger partial charge in [-0.1, -0.05) is 18.2 Å². The van der Waals surface area contributed by atoms with Crippen molar-refractivity contribution in [2.24, 2.45) is 5.73 Å². The Bertz CT molecular complexity index is 606. The summed E-state index contributed by atoms with van der Waals surface area (Å²) in [6.07, 6.45) is 7.74. The van der Waals surface area contributed by atoms with Crippen molar-refractivity contribution in [3.05, 3.63) is 42.1 Å². The number of rotatable bonds is 2. The largest absolute Gasteiger partial charge is 0.398 e. The van der Waals surface area contributed by atoms with Crippen LogP contribution in [0.25, 0.3) is 16.6 Å². The molecule has 0 spiro atoms. The van der Waals surface area contributed by atoms with Crippen molar-refractivity contribution < 1.29 is 4.74 Å². The molecule has 2 aromatic rings. The fourth-order valence-electron chi connectivity index (χ4n) is 2.79. The summed E-state index contributed by atoms with van der Waals surface area (Å²) in [6, 6.07) is 8.41. The van der Waals surface area contributed by atoms with Crippen molar-refractivity contribution in [2.75, 3.05) is 6.61 Å². The van der Waals surface area contributed by atoms with Gasteiger partial charge in [0.25, 0.3) is 0 Å². The van der Waals surface area contributed by atoms with E-state index in [0.717, 1.165) is 24.3 Å². The van der Waals surface area contributed by atoms with Crippen molar-refractivity contribution in [1.82, 2.24) is 4.57 Å². The molecule has 1 fully saturated rings. The molecule has 19 heavy (non-hydrogen) atoms. The number of hydrogen-bond donors (Lipinski definition) is 1. The van der Waals surface area contributed by atoms with Crippen molar-refractivity contribution in [1.29, 1.82) is 0 Å². The lowest BCUT2D eigenvalue weighted by molar-refractivity contribution is -0.0291. The van der Waals surface area contributed by atoms with Gasteiger partial charge >= 0.3 is 0 Å². The molecule has 0 aliphatic carbocycles. The minimum Gasteiger partial charge on any atom is -0.398 e. The zero-order chi connectivity index (χ0) is 13.2. The van der Waals surface area contributed by atoms with Crippen molar-refractivity contribution in [3.63, 3.8) is 0 Å². The number of nitrogens with two attached hydrogens (primary N) is 1. The summed E-state index contributed by atoms with van der Waals surface area (Å²) in [5, 5.41) is 1.20. The summed E-state index contributed by atoms with van der Waals surface area (Å²) >= 11 is 0. The Hall–Kier alpha value is -1.74. The van der Waals surface area contributed by atoms with Gasteiger partial charge < -0.3 is 15.0 Å². The standard InChI is InChI=1S/C16H20N2O/c1-2-14(17)12-6-5-7-15-13(12)9-10-18(15)16-8-3-4-11-19-16/h2,5-7,9-10,16H,3-4,8,11,17H2,1H3/b14-2-. The van der Waals surface area contributed by atoms with Gasteiger partial charge in [0.1, 0.15) is 6.23 Å². The first kappa shape index (κ1) is 12.3. The fourth-order valence-corrected chi connectivity index (χ4v) is 2.79. The molecule has 1 aliphatic rings. The molecule has 1 aromatic carbocycles. The number of fused-ring (bicyclic) bond motifs is 1. The van der Waals surface area contributed by atoms with Gasteiger partial charge in [-0.2, -0.15) is 0 Å². The van der Waals surface area contributed by atoms with Crippen molar-refractivity contribution >= 4 is 16.6 Å². The van der Waals surface area contributed by atoms with Gasteiger partial charge in [-0.25, -0.2) is 0 Å². The predicted molar refractivity (Wildman–Crippen MR) is 78.6 cm³/mol. The minimum atomic E-state index is 0.174. The molecule has 0 bridgehead atoms. The summed E-state index contributed by atoms with van der Waals surface area (Å²) in [7, 11) is 0. The average Bonchev–Trinajstić information content (AvgIpc) is 2.91. The van der Waals surface area contributed by atoms with Crippen molar-refractivity contribution in [2.45, 2.75) is 32.4 Å². The molecule has 0 saturated carbocycles. The van der Waals surface area contributed by atoms with E-state index in [1.807, 2.05) is 13.0 Å². The number of ether oxygens (including phenoxy) is 1. The molecule has 100 valence electrons. The molecule has 1 aromatic heterocycles. The van der Waals surface area contributed by atoms with Crippen LogP contribution in [0.5, 0.6) is 0 Å². The van der Waals surface area contributed by atoms with Gasteiger partial charge in [0.05, 0.1) is 5.52 Å². The lowest BCUT2D eigenvalue weighted by Gasteiger charge is -2.24. The number of aromatic nitrogens is 1. The van der Waals surface area contributed by atoms with E-state index in [1.165, 1.54) is 23.7 Å². The molecule has 3 rings (SSSR count). The normalized spacial score (nSPS) is 20.9. The first-order valence-corrected chi connectivity index (χ1v) is 6.94. The maximum atomic E-state index is 6.07. The summed E-state index contributed by atoms with van der Waals surface area (Å²) in [4.78, 5) is 0. The summed E-state index contributed by atoms with van der Waals surface area (Å²) in [6.45, 7) is 2.83. The van der Waals surface area contributed by atoms with Crippen LogP contribution in [0.3, 0.4) is 0 Å². The zero-order valence-electron chi connectivity index (χ0n) is 11.3. The Morgan fingerprint density at radius 1 is 1.37 bits per heavy atom. The van der Waals surface area contributed by atoms with E-state index in [4.69, 9.17) is 10.5 Å². The summed E-state index contributed by atoms with van der Waals surface area (Å²) in [5.41, 5.74) is 9.20. The molecule has 1 saturated heterocycles. The third kappa shape index (κ3) is 2.15. The molecule has 2 heterocycles. The lowest BCUT2D eigenvalue weighted by atomic mass is 10.1. The first-order valence-electron chi connectivity index (χ1n) is 6.94. The third-order valence-corrected chi connectivity index (χ3v) is 3.85. The van der Waals surface area contributed by atoms with E-state index >= 15 is 0 Å². The van der Waals surface area contributed by atoms with Crippen LogP contribution in [0.1, 0.15) is 38.0 Å². The predicted octanol–water partition coefficient (Wildman–Crippen LogP) is 3.66. The number of nitrogens with zero attached hydrogens (tertiary/aromatic N) is 1. The van der Waals surface area contributed by atoms with E-state index in [9.17, 15) is 0 Å². The number of allylic oxidation sites excluding steroid dienone is 1. The molecular formula is C16H20N2O. The molecule has 3 heteroatoms. The molecular weight excluding hydrogens is 236 g/mol. The summed E-state index contributed by atoms with van der Waals surface area (Å²) in [5.74, 6) is 0. The second kappa shape index (κ2) is 5.10. The summed E-state index contributed by atoms with van der Waals surface area (Å²) < 4.78 is 8.11. The van der Waals surface area contributed by atoms with Crippen molar-refractivity contribution in [3.8, 4) is 0 Å². The second-order valence-electron chi connectivity index (χ2n) is 5.03. The highest BCUT2D eigenvalue weighted by molar-refractivity contribution is 5.92. The molecule has 0 amide bonds. The first-order chi connectivity index (χ1) is 9.31. The van der Waals surface area contributed by atoms with Crippen LogP contribution in [0.2, 0.25) is 0 Å². The molecule has 1 aliphatic heterocycles. The maximum absolute atomic E-state index is 6.07. The number of benzene rings is 1. The minimum absolute atomic E-state index is 0.174. The Morgan fingerprint density at radius 3 is 3.00 bits per heavy atom. The van der Waals surface area contributed by atoms with Gasteiger partial charge in [0.15, 0.2) is 0 Å². The fraction of sp³-hybridized carbons (Fsp3) is 0.375. The second-order valence-corrected chi connectivity index (χ2v) is 5.03. The monoisotopic (exact) mass is 256 g/mol. The SMILES string of the molecule is C/C=C(\N)c1cccc2c1ccn2C1CCCCO1. The quantitative estimate of drug-likeness (QED) is 0.890. The Balaban J connectivity index is 2.08. The average molecular weight is 256 g/mol. The van der Waals surface area contributed by atoms with Gasteiger partial charge in [-0.3, -0.25) is 0 Å². The topological polar surface area (TPSA) is 40.2 Å². The molecule has 3 nitrogen and oxygen atoms in total. The van der Waals surface area contributed by atoms with Crippen LogP contribution < -0.4 is 5.73 Å². The Labute approximate surface area is 113 Å². The van der Waals surface area contributed by atoms with Gasteiger partial charge in [-0.15, -0.1) is 0 Å². The van der Waals surface area contributed by atoms with E-state index in [2.05, 4.69) is 35.0 Å². The zero-order valence-corrected chi connectivity index (χ0v) is 11.3. The molecule has 0 radical (unpaired) electrons. The van der Waals surface area contributed by atoms with Crippen LogP contribution >= 0.6 is 0 Å². The highest BCUT2D eigenvalue weighted by Gasteiger charge is 2.17. The van der Waals surface area contributed by atoms with Gasteiger partial charge in [0, 0.05) is 29.5 Å². The van der Waals surface area contributed by atoms with Crippen LogP contribution in [-0.4, -0.2) is 11.2 Å². The van der Waals surface area contributed by atoms with Crippen LogP contribution in [0, 0.1) is 0 Å². The molecule has 1 unspecified atom stereocenters.